The fourth-order valence-electron chi connectivity index (χ4n) is 1.63. The van der Waals surface area contributed by atoms with Gasteiger partial charge in [-0.05, 0) is 11.5 Å². The number of fused-ring (bicyclic) bond motifs is 1. The number of pyridine rings is 1. The molecule has 0 aliphatic heterocycles. The van der Waals surface area contributed by atoms with Gasteiger partial charge in [-0.3, -0.25) is 4.98 Å². The average molecular weight is 195 g/mol. The Balaban J connectivity index is 2.22. The van der Waals surface area contributed by atoms with Gasteiger partial charge in [0.15, 0.2) is 0 Å². The van der Waals surface area contributed by atoms with Crippen LogP contribution in [0, 0.1) is 0 Å². The lowest BCUT2D eigenvalue weighted by Crippen LogP contribution is -1.83. The zero-order chi connectivity index (χ0) is 10.1. The third-order valence-electron chi connectivity index (χ3n) is 2.41. The SMILES string of the molecule is c1ccc2cc(-c3cnc[nH]3)ncc2c1. The molecular weight excluding hydrogens is 186 g/mol. The van der Waals surface area contributed by atoms with Crippen molar-refractivity contribution in [3.05, 3.63) is 49.1 Å². The maximum atomic E-state index is 4.38. The molecule has 0 fully saturated rings. The Morgan fingerprint density at radius 3 is 2.67 bits per heavy atom. The van der Waals surface area contributed by atoms with Crippen molar-refractivity contribution < 1.29 is 0 Å². The lowest BCUT2D eigenvalue weighted by molar-refractivity contribution is 1.28. The molecule has 3 aromatic rings. The van der Waals surface area contributed by atoms with Gasteiger partial charge in [-0.15, -0.1) is 0 Å². The van der Waals surface area contributed by atoms with Gasteiger partial charge < -0.3 is 4.98 Å². The van der Waals surface area contributed by atoms with Crippen molar-refractivity contribution in [3.8, 4) is 11.4 Å². The van der Waals surface area contributed by atoms with E-state index in [0.29, 0.717) is 0 Å². The van der Waals surface area contributed by atoms with E-state index < -0.39 is 0 Å². The number of rotatable bonds is 1. The summed E-state index contributed by atoms with van der Waals surface area (Å²) in [7, 11) is 0. The molecule has 2 aromatic heterocycles. The number of aromatic amines is 1. The van der Waals surface area contributed by atoms with Crippen LogP contribution in [0.1, 0.15) is 0 Å². The highest BCUT2D eigenvalue weighted by molar-refractivity contribution is 5.84. The van der Waals surface area contributed by atoms with Gasteiger partial charge in [0.2, 0.25) is 0 Å². The predicted octanol–water partition coefficient (Wildman–Crippen LogP) is 2.62. The summed E-state index contributed by atoms with van der Waals surface area (Å²) in [6, 6.07) is 10.2. The number of hydrogen-bond acceptors (Lipinski definition) is 2. The highest BCUT2D eigenvalue weighted by Crippen LogP contribution is 2.19. The number of aromatic nitrogens is 3. The molecule has 0 unspecified atom stereocenters. The van der Waals surface area contributed by atoms with E-state index in [-0.39, 0.29) is 0 Å². The molecule has 0 aliphatic carbocycles. The van der Waals surface area contributed by atoms with Crippen LogP contribution in [0.2, 0.25) is 0 Å². The minimum Gasteiger partial charge on any atom is -0.343 e. The standard InChI is InChI=1S/C12H9N3/c1-2-4-10-6-14-11(5-9(10)3-1)12-7-13-8-15-12/h1-8H,(H,13,15). The molecule has 0 amide bonds. The molecule has 0 saturated carbocycles. The Morgan fingerprint density at radius 2 is 1.87 bits per heavy atom. The lowest BCUT2D eigenvalue weighted by Gasteiger charge is -1.99. The van der Waals surface area contributed by atoms with E-state index in [1.165, 1.54) is 5.39 Å². The van der Waals surface area contributed by atoms with E-state index in [1.54, 1.807) is 12.5 Å². The predicted molar refractivity (Wildman–Crippen MR) is 59.3 cm³/mol. The molecule has 3 nitrogen and oxygen atoms in total. The second kappa shape index (κ2) is 3.20. The van der Waals surface area contributed by atoms with Gasteiger partial charge in [0.05, 0.1) is 23.9 Å². The van der Waals surface area contributed by atoms with E-state index in [1.807, 2.05) is 18.3 Å². The van der Waals surface area contributed by atoms with Gasteiger partial charge >= 0.3 is 0 Å². The Bertz CT molecular complexity index is 585. The molecule has 1 N–H and O–H groups in total. The van der Waals surface area contributed by atoms with Crippen LogP contribution in [0.4, 0.5) is 0 Å². The van der Waals surface area contributed by atoms with Crippen LogP contribution in [0.15, 0.2) is 49.1 Å². The monoisotopic (exact) mass is 195 g/mol. The van der Waals surface area contributed by atoms with Crippen LogP contribution in [0.5, 0.6) is 0 Å². The maximum Gasteiger partial charge on any atom is 0.0924 e. The Kier molecular flexibility index (Phi) is 1.75. The molecule has 0 aliphatic rings. The fourth-order valence-corrected chi connectivity index (χ4v) is 1.63. The van der Waals surface area contributed by atoms with Crippen LogP contribution in [-0.4, -0.2) is 15.0 Å². The molecular formula is C12H9N3. The first kappa shape index (κ1) is 8.17. The fraction of sp³-hybridized carbons (Fsp3) is 0. The summed E-state index contributed by atoms with van der Waals surface area (Å²) >= 11 is 0. The van der Waals surface area contributed by atoms with E-state index in [2.05, 4.69) is 33.2 Å². The molecule has 1 aromatic carbocycles. The van der Waals surface area contributed by atoms with Crippen molar-refractivity contribution in [2.75, 3.05) is 0 Å². The molecule has 0 bridgehead atoms. The topological polar surface area (TPSA) is 41.6 Å². The Morgan fingerprint density at radius 1 is 1.00 bits per heavy atom. The quantitative estimate of drug-likeness (QED) is 0.648. The van der Waals surface area contributed by atoms with E-state index in [9.17, 15) is 0 Å². The molecule has 3 heteroatoms. The first-order valence-corrected chi connectivity index (χ1v) is 4.77. The zero-order valence-electron chi connectivity index (χ0n) is 8.01. The first-order chi connectivity index (χ1) is 7.43. The number of imidazole rings is 1. The third-order valence-corrected chi connectivity index (χ3v) is 2.41. The summed E-state index contributed by atoms with van der Waals surface area (Å²) in [6.45, 7) is 0. The number of hydrogen-bond donors (Lipinski definition) is 1. The highest BCUT2D eigenvalue weighted by atomic mass is 14.9. The summed E-state index contributed by atoms with van der Waals surface area (Å²) in [6.07, 6.45) is 5.31. The minimum atomic E-state index is 0.922. The largest absolute Gasteiger partial charge is 0.343 e. The van der Waals surface area contributed by atoms with E-state index in [0.717, 1.165) is 16.8 Å². The normalized spacial score (nSPS) is 10.7. The second-order valence-electron chi connectivity index (χ2n) is 3.38. The van der Waals surface area contributed by atoms with Gasteiger partial charge in [-0.25, -0.2) is 4.98 Å². The molecule has 15 heavy (non-hydrogen) atoms. The summed E-state index contributed by atoms with van der Waals surface area (Å²) in [5, 5.41) is 2.35. The second-order valence-corrected chi connectivity index (χ2v) is 3.38. The first-order valence-electron chi connectivity index (χ1n) is 4.77. The minimum absolute atomic E-state index is 0.922. The van der Waals surface area contributed by atoms with E-state index in [4.69, 9.17) is 0 Å². The Hall–Kier alpha value is -2.16. The Labute approximate surface area is 86.8 Å². The average Bonchev–Trinajstić information content (AvgIpc) is 2.82. The van der Waals surface area contributed by atoms with Gasteiger partial charge in [-0.1, -0.05) is 24.3 Å². The van der Waals surface area contributed by atoms with Crippen LogP contribution in [-0.2, 0) is 0 Å². The molecule has 3 rings (SSSR count). The van der Waals surface area contributed by atoms with Crippen LogP contribution >= 0.6 is 0 Å². The van der Waals surface area contributed by atoms with E-state index >= 15 is 0 Å². The lowest BCUT2D eigenvalue weighted by atomic mass is 10.1. The number of nitrogens with zero attached hydrogens (tertiary/aromatic N) is 2. The molecule has 0 saturated heterocycles. The summed E-state index contributed by atoms with van der Waals surface area (Å²) in [5.74, 6) is 0. The smallest absolute Gasteiger partial charge is 0.0924 e. The van der Waals surface area contributed by atoms with Crippen molar-refractivity contribution in [1.29, 1.82) is 0 Å². The molecule has 0 spiro atoms. The van der Waals surface area contributed by atoms with Crippen molar-refractivity contribution in [2.24, 2.45) is 0 Å². The third kappa shape index (κ3) is 1.38. The number of nitrogens with one attached hydrogen (secondary N) is 1. The molecule has 2 heterocycles. The van der Waals surface area contributed by atoms with Gasteiger partial charge in [0.25, 0.3) is 0 Å². The molecule has 72 valence electrons. The van der Waals surface area contributed by atoms with Crippen LogP contribution in [0.25, 0.3) is 22.2 Å². The highest BCUT2D eigenvalue weighted by Gasteiger charge is 2.01. The maximum absolute atomic E-state index is 4.38. The van der Waals surface area contributed by atoms with Gasteiger partial charge in [0.1, 0.15) is 0 Å². The summed E-state index contributed by atoms with van der Waals surface area (Å²) < 4.78 is 0. The van der Waals surface area contributed by atoms with Crippen molar-refractivity contribution in [2.45, 2.75) is 0 Å². The molecule has 0 radical (unpaired) electrons. The van der Waals surface area contributed by atoms with Gasteiger partial charge in [0, 0.05) is 11.6 Å². The number of benzene rings is 1. The molecule has 0 atom stereocenters. The summed E-state index contributed by atoms with van der Waals surface area (Å²) in [4.78, 5) is 11.4. The van der Waals surface area contributed by atoms with Crippen molar-refractivity contribution in [3.63, 3.8) is 0 Å². The van der Waals surface area contributed by atoms with Crippen molar-refractivity contribution >= 4 is 10.8 Å². The zero-order valence-corrected chi connectivity index (χ0v) is 8.01. The summed E-state index contributed by atoms with van der Waals surface area (Å²) in [5.41, 5.74) is 1.87. The van der Waals surface area contributed by atoms with Gasteiger partial charge in [-0.2, -0.15) is 0 Å². The van der Waals surface area contributed by atoms with Crippen LogP contribution < -0.4 is 0 Å². The number of H-pyrrole nitrogens is 1. The van der Waals surface area contributed by atoms with Crippen LogP contribution in [0.3, 0.4) is 0 Å². The van der Waals surface area contributed by atoms with Crippen molar-refractivity contribution in [1.82, 2.24) is 15.0 Å².